The summed E-state index contributed by atoms with van der Waals surface area (Å²) in [6.07, 6.45) is 3.27. The number of rotatable bonds is 11. The molecule has 0 aliphatic carbocycles. The standard InChI is InChI=1S/C29H27FN2O5S/c1-2-9-21-22(26-23-12-3-4-14-24(23)32-37-26)13-8-15-25(21)36-17-6-5-16-35-20-11-7-10-19(18-20)29(30)27(33)31-28(34)38-29/h3-4,7-8,10-15,18H,2,5-6,9,16-17H2,1H3,(H,31,33,34). The Kier molecular flexibility index (Phi) is 7.64. The number of aromatic nitrogens is 1. The van der Waals surface area contributed by atoms with E-state index < -0.39 is 16.1 Å². The Balaban J connectivity index is 1.17. The van der Waals surface area contributed by atoms with Gasteiger partial charge in [0.15, 0.2) is 5.76 Å². The number of alkyl halides is 1. The van der Waals surface area contributed by atoms with Gasteiger partial charge in [0.25, 0.3) is 16.1 Å². The Morgan fingerprint density at radius 2 is 1.79 bits per heavy atom. The van der Waals surface area contributed by atoms with Crippen molar-refractivity contribution in [3.05, 3.63) is 77.9 Å². The number of ether oxygens (including phenoxy) is 2. The molecule has 1 N–H and O–H groups in total. The van der Waals surface area contributed by atoms with Crippen molar-refractivity contribution in [3.8, 4) is 22.8 Å². The smallest absolute Gasteiger partial charge is 0.289 e. The number of hydrogen-bond acceptors (Lipinski definition) is 7. The molecule has 4 aromatic rings. The molecule has 3 aromatic carbocycles. The van der Waals surface area contributed by atoms with Crippen molar-refractivity contribution in [1.29, 1.82) is 0 Å². The average Bonchev–Trinajstić information content (AvgIpc) is 3.47. The van der Waals surface area contributed by atoms with Crippen LogP contribution in [0.4, 0.5) is 9.18 Å². The van der Waals surface area contributed by atoms with Crippen LogP contribution in [0.1, 0.15) is 37.3 Å². The van der Waals surface area contributed by atoms with E-state index in [1.165, 1.54) is 12.1 Å². The van der Waals surface area contributed by atoms with Crippen LogP contribution in [0.3, 0.4) is 0 Å². The molecule has 1 unspecified atom stereocenters. The van der Waals surface area contributed by atoms with E-state index in [-0.39, 0.29) is 5.56 Å². The number of unbranched alkanes of at least 4 members (excludes halogenated alkanes) is 1. The maximum atomic E-state index is 15.0. The quantitative estimate of drug-likeness (QED) is 0.212. The van der Waals surface area contributed by atoms with Gasteiger partial charge in [-0.2, -0.15) is 0 Å². The summed E-state index contributed by atoms with van der Waals surface area (Å²) in [6.45, 7) is 3.04. The molecule has 1 fully saturated rings. The highest BCUT2D eigenvalue weighted by Gasteiger charge is 2.50. The van der Waals surface area contributed by atoms with Crippen molar-refractivity contribution in [2.45, 2.75) is 37.6 Å². The molecule has 1 saturated heterocycles. The second kappa shape index (κ2) is 11.3. The molecular weight excluding hydrogens is 507 g/mol. The third kappa shape index (κ3) is 5.24. The zero-order chi connectivity index (χ0) is 26.5. The molecule has 0 saturated carbocycles. The number of carbonyl (C=O) groups excluding carboxylic acids is 2. The summed E-state index contributed by atoms with van der Waals surface area (Å²) >= 11 is 0.328. The van der Waals surface area contributed by atoms with Crippen molar-refractivity contribution in [3.63, 3.8) is 0 Å². The number of halogens is 1. The highest BCUT2D eigenvalue weighted by molar-refractivity contribution is 8.15. The fourth-order valence-corrected chi connectivity index (χ4v) is 5.22. The molecular formula is C29H27FN2O5S. The van der Waals surface area contributed by atoms with Gasteiger partial charge in [-0.25, -0.2) is 4.39 Å². The lowest BCUT2D eigenvalue weighted by Crippen LogP contribution is -2.30. The van der Waals surface area contributed by atoms with E-state index in [0.29, 0.717) is 37.1 Å². The maximum Gasteiger partial charge on any atom is 0.289 e. The summed E-state index contributed by atoms with van der Waals surface area (Å²) in [5, 5.41) is 4.01. The van der Waals surface area contributed by atoms with Gasteiger partial charge in [-0.3, -0.25) is 14.9 Å². The molecule has 38 heavy (non-hydrogen) atoms. The number of thioether (sulfide) groups is 1. The number of benzene rings is 3. The molecule has 7 nitrogen and oxygen atoms in total. The predicted octanol–water partition coefficient (Wildman–Crippen LogP) is 6.79. The lowest BCUT2D eigenvalue weighted by atomic mass is 9.98. The first-order chi connectivity index (χ1) is 18.5. The Hall–Kier alpha value is -3.85. The van der Waals surface area contributed by atoms with Gasteiger partial charge in [-0.15, -0.1) is 0 Å². The van der Waals surface area contributed by atoms with E-state index in [4.69, 9.17) is 14.0 Å². The first-order valence-electron chi connectivity index (χ1n) is 12.6. The van der Waals surface area contributed by atoms with Gasteiger partial charge in [-0.1, -0.05) is 54.9 Å². The van der Waals surface area contributed by atoms with Gasteiger partial charge >= 0.3 is 0 Å². The van der Waals surface area contributed by atoms with Gasteiger partial charge in [-0.05, 0) is 61.4 Å². The minimum atomic E-state index is -2.44. The molecule has 5 rings (SSSR count). The summed E-state index contributed by atoms with van der Waals surface area (Å²) in [5.41, 5.74) is 2.98. The Morgan fingerprint density at radius 1 is 1.00 bits per heavy atom. The van der Waals surface area contributed by atoms with Crippen LogP contribution >= 0.6 is 11.8 Å². The number of nitrogens with zero attached hydrogens (tertiary/aromatic N) is 1. The minimum absolute atomic E-state index is 0.0783. The molecule has 196 valence electrons. The van der Waals surface area contributed by atoms with Crippen molar-refractivity contribution < 1.29 is 28.0 Å². The summed E-state index contributed by atoms with van der Waals surface area (Å²) in [4.78, 5) is 23.3. The monoisotopic (exact) mass is 534 g/mol. The molecule has 1 aromatic heterocycles. The second-order valence-electron chi connectivity index (χ2n) is 8.93. The van der Waals surface area contributed by atoms with Gasteiger partial charge in [0, 0.05) is 22.1 Å². The summed E-state index contributed by atoms with van der Waals surface area (Å²) < 4.78 is 32.7. The van der Waals surface area contributed by atoms with Crippen LogP contribution in [-0.4, -0.2) is 29.5 Å². The van der Waals surface area contributed by atoms with Crippen LogP contribution in [0, 0.1) is 0 Å². The molecule has 0 spiro atoms. The van der Waals surface area contributed by atoms with Crippen molar-refractivity contribution >= 4 is 33.8 Å². The van der Waals surface area contributed by atoms with Gasteiger partial charge in [0.05, 0.1) is 13.2 Å². The fourth-order valence-electron chi connectivity index (χ4n) is 4.43. The highest BCUT2D eigenvalue weighted by Crippen LogP contribution is 2.43. The Labute approximate surface area is 223 Å². The number of nitrogens with one attached hydrogen (secondary N) is 1. The van der Waals surface area contributed by atoms with Gasteiger partial charge < -0.3 is 14.0 Å². The molecule has 2 amide bonds. The third-order valence-corrected chi connectivity index (χ3v) is 7.26. The minimum Gasteiger partial charge on any atom is -0.494 e. The van der Waals surface area contributed by atoms with E-state index in [1.807, 2.05) is 47.8 Å². The number of amides is 2. The van der Waals surface area contributed by atoms with E-state index in [2.05, 4.69) is 12.1 Å². The van der Waals surface area contributed by atoms with Crippen LogP contribution in [0.5, 0.6) is 11.5 Å². The number of hydrogen-bond donors (Lipinski definition) is 1. The lowest BCUT2D eigenvalue weighted by molar-refractivity contribution is -0.126. The SMILES string of the molecule is CCCc1c(OCCCCOc2cccc(C3(F)SC(=O)NC3=O)c2)cccc1-c1onc2ccccc12. The van der Waals surface area contributed by atoms with Gasteiger partial charge in [0.2, 0.25) is 0 Å². The second-order valence-corrected chi connectivity index (χ2v) is 10.1. The van der Waals surface area contributed by atoms with Crippen LogP contribution in [0.15, 0.2) is 71.3 Å². The molecule has 1 aliphatic rings. The van der Waals surface area contributed by atoms with E-state index in [9.17, 15) is 9.59 Å². The molecule has 0 radical (unpaired) electrons. The van der Waals surface area contributed by atoms with Crippen LogP contribution in [0.25, 0.3) is 22.2 Å². The van der Waals surface area contributed by atoms with E-state index in [0.717, 1.165) is 52.8 Å². The van der Waals surface area contributed by atoms with Crippen LogP contribution in [-0.2, 0) is 16.2 Å². The van der Waals surface area contributed by atoms with E-state index in [1.54, 1.807) is 12.1 Å². The van der Waals surface area contributed by atoms with Crippen LogP contribution in [0.2, 0.25) is 0 Å². The first-order valence-corrected chi connectivity index (χ1v) is 13.4. The van der Waals surface area contributed by atoms with Crippen molar-refractivity contribution in [2.24, 2.45) is 0 Å². The number of carbonyl (C=O) groups is 2. The zero-order valence-electron chi connectivity index (χ0n) is 20.9. The summed E-state index contributed by atoms with van der Waals surface area (Å²) in [5.74, 6) is 1.04. The summed E-state index contributed by atoms with van der Waals surface area (Å²) in [6, 6.07) is 20.1. The number of imide groups is 1. The summed E-state index contributed by atoms with van der Waals surface area (Å²) in [7, 11) is 0. The molecule has 1 atom stereocenters. The maximum absolute atomic E-state index is 15.0. The molecule has 0 bridgehead atoms. The molecule has 9 heteroatoms. The first kappa shape index (κ1) is 25.8. The number of fused-ring (bicyclic) bond motifs is 1. The highest BCUT2D eigenvalue weighted by atomic mass is 32.2. The topological polar surface area (TPSA) is 90.7 Å². The van der Waals surface area contributed by atoms with Gasteiger partial charge in [0.1, 0.15) is 17.0 Å². The normalized spacial score (nSPS) is 17.1. The Morgan fingerprint density at radius 3 is 2.58 bits per heavy atom. The average molecular weight is 535 g/mol. The van der Waals surface area contributed by atoms with E-state index >= 15 is 4.39 Å². The third-order valence-electron chi connectivity index (χ3n) is 6.27. The fraction of sp³-hybridized carbons (Fsp3) is 0.276. The lowest BCUT2D eigenvalue weighted by Gasteiger charge is -2.16. The molecule has 2 heterocycles. The van der Waals surface area contributed by atoms with Crippen molar-refractivity contribution in [1.82, 2.24) is 10.5 Å². The largest absolute Gasteiger partial charge is 0.494 e. The van der Waals surface area contributed by atoms with Crippen molar-refractivity contribution in [2.75, 3.05) is 13.2 Å². The Bertz CT molecular complexity index is 1470. The predicted molar refractivity (Wildman–Crippen MR) is 144 cm³/mol. The zero-order valence-corrected chi connectivity index (χ0v) is 21.7. The molecule has 1 aliphatic heterocycles. The van der Waals surface area contributed by atoms with Crippen LogP contribution < -0.4 is 14.8 Å².